The first-order chi connectivity index (χ1) is 11.7. The summed E-state index contributed by atoms with van der Waals surface area (Å²) in [7, 11) is 0. The van der Waals surface area contributed by atoms with Crippen molar-refractivity contribution in [1.29, 1.82) is 0 Å². The topological polar surface area (TPSA) is 54.9 Å². The predicted octanol–water partition coefficient (Wildman–Crippen LogP) is 3.67. The summed E-state index contributed by atoms with van der Waals surface area (Å²) in [6, 6.07) is 11.6. The molecule has 0 atom stereocenters. The Balaban J connectivity index is 1.55. The predicted molar refractivity (Wildman–Crippen MR) is 92.6 cm³/mol. The number of carbonyl (C=O) groups is 1. The molecular weight excluding hydrogens is 325 g/mol. The first kappa shape index (κ1) is 16.0. The van der Waals surface area contributed by atoms with Crippen molar-refractivity contribution < 1.29 is 9.18 Å². The summed E-state index contributed by atoms with van der Waals surface area (Å²) < 4.78 is 12.8. The number of pyridine rings is 1. The van der Waals surface area contributed by atoms with E-state index in [9.17, 15) is 9.18 Å². The summed E-state index contributed by atoms with van der Waals surface area (Å²) in [4.78, 5) is 20.5. The largest absolute Gasteiger partial charge is 0.347 e. The summed E-state index contributed by atoms with van der Waals surface area (Å²) in [6.45, 7) is 0.343. The third-order valence-electron chi connectivity index (χ3n) is 3.18. The molecule has 0 radical (unpaired) electrons. The Kier molecular flexibility index (Phi) is 5.08. The number of halogens is 1. The number of hydrogen-bond acceptors (Lipinski definition) is 4. The van der Waals surface area contributed by atoms with Crippen molar-refractivity contribution in [3.05, 3.63) is 77.2 Å². The van der Waals surface area contributed by atoms with Crippen LogP contribution < -0.4 is 5.32 Å². The van der Waals surface area contributed by atoms with E-state index in [1.54, 1.807) is 24.4 Å². The highest BCUT2D eigenvalue weighted by atomic mass is 32.1. The molecule has 120 valence electrons. The number of rotatable bonds is 5. The lowest BCUT2D eigenvalue weighted by molar-refractivity contribution is -0.116. The number of benzene rings is 1. The van der Waals surface area contributed by atoms with Crippen LogP contribution in [0.15, 0.2) is 60.1 Å². The first-order valence-electron chi connectivity index (χ1n) is 7.28. The summed E-state index contributed by atoms with van der Waals surface area (Å²) in [6.07, 6.45) is 4.77. The second-order valence-corrected chi connectivity index (χ2v) is 5.82. The van der Waals surface area contributed by atoms with Gasteiger partial charge in [0.1, 0.15) is 10.8 Å². The third kappa shape index (κ3) is 4.33. The van der Waals surface area contributed by atoms with Gasteiger partial charge in [0, 0.05) is 17.7 Å². The fourth-order valence-corrected chi connectivity index (χ4v) is 2.77. The number of nitrogens with one attached hydrogen (secondary N) is 1. The normalized spacial score (nSPS) is 10.9. The Hall–Kier alpha value is -2.86. The van der Waals surface area contributed by atoms with Crippen LogP contribution in [0.5, 0.6) is 0 Å². The first-order valence-corrected chi connectivity index (χ1v) is 8.16. The second-order valence-electron chi connectivity index (χ2n) is 4.96. The van der Waals surface area contributed by atoms with Crippen LogP contribution in [0.1, 0.15) is 11.3 Å². The minimum absolute atomic E-state index is 0.230. The molecule has 24 heavy (non-hydrogen) atoms. The van der Waals surface area contributed by atoms with Crippen LogP contribution in [-0.2, 0) is 11.3 Å². The zero-order chi connectivity index (χ0) is 16.8. The van der Waals surface area contributed by atoms with Gasteiger partial charge in [-0.05, 0) is 35.9 Å². The summed E-state index contributed by atoms with van der Waals surface area (Å²) in [5.74, 6) is -0.532. The molecule has 0 saturated carbocycles. The molecular formula is C18H14FN3OS. The summed E-state index contributed by atoms with van der Waals surface area (Å²) in [5.41, 5.74) is 2.36. The molecule has 2 heterocycles. The number of hydrogen-bond donors (Lipinski definition) is 1. The van der Waals surface area contributed by atoms with Crippen molar-refractivity contribution >= 4 is 23.3 Å². The quantitative estimate of drug-likeness (QED) is 0.722. The molecule has 0 unspecified atom stereocenters. The second kappa shape index (κ2) is 7.61. The number of nitrogens with zero attached hydrogens (tertiary/aromatic N) is 2. The van der Waals surface area contributed by atoms with Gasteiger partial charge in [0.15, 0.2) is 0 Å². The summed E-state index contributed by atoms with van der Waals surface area (Å²) in [5, 5.41) is 5.49. The molecule has 3 rings (SSSR count). The van der Waals surface area contributed by atoms with E-state index in [4.69, 9.17) is 0 Å². The summed E-state index contributed by atoms with van der Waals surface area (Å²) >= 11 is 1.49. The molecule has 1 aromatic carbocycles. The van der Waals surface area contributed by atoms with Gasteiger partial charge < -0.3 is 5.32 Å². The molecule has 0 fully saturated rings. The van der Waals surface area contributed by atoms with Crippen molar-refractivity contribution in [2.24, 2.45) is 0 Å². The average molecular weight is 339 g/mol. The van der Waals surface area contributed by atoms with Gasteiger partial charge in [-0.2, -0.15) is 0 Å². The number of amides is 1. The monoisotopic (exact) mass is 339 g/mol. The SMILES string of the molecule is O=C(/C=C/c1ccc(F)cc1)NCc1csc(-c2ccccn2)n1. The van der Waals surface area contributed by atoms with Gasteiger partial charge in [-0.1, -0.05) is 18.2 Å². The Morgan fingerprint density at radius 1 is 1.21 bits per heavy atom. The Morgan fingerprint density at radius 2 is 2.04 bits per heavy atom. The van der Waals surface area contributed by atoms with E-state index < -0.39 is 0 Å². The molecule has 0 aliphatic rings. The minimum Gasteiger partial charge on any atom is -0.347 e. The van der Waals surface area contributed by atoms with Gasteiger partial charge in [0.2, 0.25) is 5.91 Å². The highest BCUT2D eigenvalue weighted by Gasteiger charge is 2.06. The van der Waals surface area contributed by atoms with Crippen LogP contribution in [0.3, 0.4) is 0 Å². The number of aromatic nitrogens is 2. The van der Waals surface area contributed by atoms with Gasteiger partial charge in [0.05, 0.1) is 17.9 Å². The zero-order valence-corrected chi connectivity index (χ0v) is 13.5. The maximum Gasteiger partial charge on any atom is 0.244 e. The Bertz CT molecular complexity index is 844. The number of thiazole rings is 1. The van der Waals surface area contributed by atoms with Crippen LogP contribution >= 0.6 is 11.3 Å². The van der Waals surface area contributed by atoms with Crippen molar-refractivity contribution in [2.75, 3.05) is 0 Å². The molecule has 1 amide bonds. The van der Waals surface area contributed by atoms with Crippen LogP contribution in [0.2, 0.25) is 0 Å². The van der Waals surface area contributed by atoms with Gasteiger partial charge in [-0.25, -0.2) is 9.37 Å². The van der Waals surface area contributed by atoms with E-state index in [-0.39, 0.29) is 11.7 Å². The van der Waals surface area contributed by atoms with Gasteiger partial charge >= 0.3 is 0 Å². The van der Waals surface area contributed by atoms with Crippen LogP contribution in [0.4, 0.5) is 4.39 Å². The van der Waals surface area contributed by atoms with E-state index in [2.05, 4.69) is 15.3 Å². The van der Waals surface area contributed by atoms with Crippen LogP contribution in [0, 0.1) is 5.82 Å². The molecule has 6 heteroatoms. The fourth-order valence-electron chi connectivity index (χ4n) is 1.98. The van der Waals surface area contributed by atoms with E-state index in [0.29, 0.717) is 6.54 Å². The maximum atomic E-state index is 12.8. The highest BCUT2D eigenvalue weighted by Crippen LogP contribution is 2.21. The fraction of sp³-hybridized carbons (Fsp3) is 0.0556. The lowest BCUT2D eigenvalue weighted by atomic mass is 10.2. The molecule has 0 bridgehead atoms. The van der Waals surface area contributed by atoms with E-state index >= 15 is 0 Å². The third-order valence-corrected chi connectivity index (χ3v) is 4.09. The maximum absolute atomic E-state index is 12.8. The molecule has 0 saturated heterocycles. The molecule has 3 aromatic rings. The molecule has 0 aliphatic carbocycles. The molecule has 0 spiro atoms. The zero-order valence-electron chi connectivity index (χ0n) is 12.6. The Morgan fingerprint density at radius 3 is 2.79 bits per heavy atom. The molecule has 2 aromatic heterocycles. The minimum atomic E-state index is -0.302. The van der Waals surface area contributed by atoms with Crippen molar-refractivity contribution in [2.45, 2.75) is 6.54 Å². The van der Waals surface area contributed by atoms with Crippen LogP contribution in [-0.4, -0.2) is 15.9 Å². The van der Waals surface area contributed by atoms with E-state index in [0.717, 1.165) is 22.0 Å². The van der Waals surface area contributed by atoms with Gasteiger partial charge in [-0.15, -0.1) is 11.3 Å². The van der Waals surface area contributed by atoms with E-state index in [1.165, 1.54) is 29.5 Å². The lowest BCUT2D eigenvalue weighted by Gasteiger charge is -1.99. The van der Waals surface area contributed by atoms with Crippen molar-refractivity contribution in [1.82, 2.24) is 15.3 Å². The Labute approximate surface area is 142 Å². The lowest BCUT2D eigenvalue weighted by Crippen LogP contribution is -2.20. The molecule has 1 N–H and O–H groups in total. The van der Waals surface area contributed by atoms with Crippen molar-refractivity contribution in [3.8, 4) is 10.7 Å². The molecule has 4 nitrogen and oxygen atoms in total. The standard InChI is InChI=1S/C18H14FN3OS/c19-14-7-4-13(5-8-14)6-9-17(23)21-11-15-12-24-18(22-15)16-3-1-2-10-20-16/h1-10,12H,11H2,(H,21,23)/b9-6+. The van der Waals surface area contributed by atoms with Crippen LogP contribution in [0.25, 0.3) is 16.8 Å². The number of carbonyl (C=O) groups excluding carboxylic acids is 1. The average Bonchev–Trinajstić information content (AvgIpc) is 3.09. The smallest absolute Gasteiger partial charge is 0.244 e. The highest BCUT2D eigenvalue weighted by molar-refractivity contribution is 7.13. The van der Waals surface area contributed by atoms with Gasteiger partial charge in [-0.3, -0.25) is 9.78 Å². The van der Waals surface area contributed by atoms with E-state index in [1.807, 2.05) is 23.6 Å². The van der Waals surface area contributed by atoms with Crippen molar-refractivity contribution in [3.63, 3.8) is 0 Å². The molecule has 0 aliphatic heterocycles. The van der Waals surface area contributed by atoms with Gasteiger partial charge in [0.25, 0.3) is 0 Å².